The van der Waals surface area contributed by atoms with Crippen LogP contribution in [0.3, 0.4) is 0 Å². The lowest BCUT2D eigenvalue weighted by molar-refractivity contribution is -0.122. The van der Waals surface area contributed by atoms with Crippen LogP contribution in [0.15, 0.2) is 42.7 Å². The average Bonchev–Trinajstić information content (AvgIpc) is 3.44. The van der Waals surface area contributed by atoms with E-state index in [4.69, 9.17) is 4.74 Å². The molecule has 1 amide bonds. The third-order valence-electron chi connectivity index (χ3n) is 5.13. The molecule has 1 aromatic carbocycles. The van der Waals surface area contributed by atoms with E-state index in [9.17, 15) is 4.79 Å². The summed E-state index contributed by atoms with van der Waals surface area (Å²) in [7, 11) is 0. The number of amides is 1. The van der Waals surface area contributed by atoms with Crippen molar-refractivity contribution in [2.24, 2.45) is 0 Å². The van der Waals surface area contributed by atoms with E-state index in [1.165, 1.54) is 0 Å². The molecular formula is C20H26N8O2. The van der Waals surface area contributed by atoms with Gasteiger partial charge in [-0.25, -0.2) is 9.36 Å². The van der Waals surface area contributed by atoms with Crippen LogP contribution in [-0.4, -0.2) is 67.1 Å². The van der Waals surface area contributed by atoms with Crippen molar-refractivity contribution in [3.8, 4) is 5.69 Å². The van der Waals surface area contributed by atoms with E-state index in [1.54, 1.807) is 15.6 Å². The van der Waals surface area contributed by atoms with Gasteiger partial charge in [0, 0.05) is 31.3 Å². The maximum absolute atomic E-state index is 12.5. The number of nitrogens with zero attached hydrogens (tertiary/aromatic N) is 7. The predicted octanol–water partition coefficient (Wildman–Crippen LogP) is 0.959. The fourth-order valence-electron chi connectivity index (χ4n) is 3.36. The molecule has 1 saturated heterocycles. The van der Waals surface area contributed by atoms with Gasteiger partial charge < -0.3 is 10.1 Å². The molecule has 0 aliphatic carbocycles. The molecule has 0 bridgehead atoms. The zero-order valence-electron chi connectivity index (χ0n) is 17.0. The van der Waals surface area contributed by atoms with Gasteiger partial charge in [-0.05, 0) is 29.5 Å². The maximum atomic E-state index is 12.5. The molecule has 10 heteroatoms. The van der Waals surface area contributed by atoms with Gasteiger partial charge in [0.25, 0.3) is 0 Å². The highest BCUT2D eigenvalue weighted by Crippen LogP contribution is 2.14. The van der Waals surface area contributed by atoms with Crippen LogP contribution in [-0.2, 0) is 22.6 Å². The Morgan fingerprint density at radius 3 is 2.83 bits per heavy atom. The molecule has 0 unspecified atom stereocenters. The number of morpholine rings is 1. The summed E-state index contributed by atoms with van der Waals surface area (Å²) >= 11 is 0. The molecule has 1 atom stereocenters. The molecule has 3 aromatic rings. The molecule has 2 aromatic heterocycles. The number of benzene rings is 1. The first-order valence-corrected chi connectivity index (χ1v) is 10.1. The summed E-state index contributed by atoms with van der Waals surface area (Å²) in [6.07, 6.45) is 4.01. The smallest absolute Gasteiger partial charge is 0.222 e. The van der Waals surface area contributed by atoms with E-state index in [0.717, 1.165) is 43.4 Å². The molecule has 158 valence electrons. The third-order valence-corrected chi connectivity index (χ3v) is 5.13. The van der Waals surface area contributed by atoms with Gasteiger partial charge in [0.15, 0.2) is 5.82 Å². The van der Waals surface area contributed by atoms with Crippen LogP contribution < -0.4 is 5.32 Å². The number of rotatable bonds is 8. The van der Waals surface area contributed by atoms with E-state index >= 15 is 0 Å². The molecule has 10 nitrogen and oxygen atoms in total. The number of carbonyl (C=O) groups excluding carboxylic acids is 1. The van der Waals surface area contributed by atoms with Crippen LogP contribution in [0.4, 0.5) is 0 Å². The SMILES string of the molecule is C[C@@H](NC(=O)CCn1nnnc1CN1CCOCC1)c1cnn(-c2ccccc2)c1. The summed E-state index contributed by atoms with van der Waals surface area (Å²) in [5, 5.41) is 19.3. The Balaban J connectivity index is 1.28. The number of ether oxygens (including phenoxy) is 1. The number of tetrazole rings is 1. The van der Waals surface area contributed by atoms with Gasteiger partial charge in [0.1, 0.15) is 0 Å². The van der Waals surface area contributed by atoms with Gasteiger partial charge in [-0.15, -0.1) is 5.10 Å². The second-order valence-electron chi connectivity index (χ2n) is 7.30. The maximum Gasteiger partial charge on any atom is 0.222 e. The summed E-state index contributed by atoms with van der Waals surface area (Å²) in [5.74, 6) is 0.713. The van der Waals surface area contributed by atoms with Gasteiger partial charge in [-0.3, -0.25) is 9.69 Å². The molecule has 1 N–H and O–H groups in total. The van der Waals surface area contributed by atoms with Gasteiger partial charge in [0.05, 0.1) is 44.2 Å². The minimum Gasteiger partial charge on any atom is -0.379 e. The van der Waals surface area contributed by atoms with Crippen molar-refractivity contribution in [2.75, 3.05) is 26.3 Å². The fraction of sp³-hybridized carbons (Fsp3) is 0.450. The molecule has 30 heavy (non-hydrogen) atoms. The van der Waals surface area contributed by atoms with E-state index in [-0.39, 0.29) is 11.9 Å². The second-order valence-corrected chi connectivity index (χ2v) is 7.30. The largest absolute Gasteiger partial charge is 0.379 e. The van der Waals surface area contributed by atoms with Crippen molar-refractivity contribution >= 4 is 5.91 Å². The Kier molecular flexibility index (Phi) is 6.45. The minimum atomic E-state index is -0.142. The standard InChI is InChI=1S/C20H26N8O2/c1-16(17-13-21-28(14-17)18-5-3-2-4-6-18)22-20(29)7-8-27-19(23-24-25-27)15-26-9-11-30-12-10-26/h2-6,13-14,16H,7-12,15H2,1H3,(H,22,29)/t16-/m1/s1. The molecular weight excluding hydrogens is 384 g/mol. The van der Waals surface area contributed by atoms with Crippen LogP contribution in [0.2, 0.25) is 0 Å². The summed E-state index contributed by atoms with van der Waals surface area (Å²) in [5.41, 5.74) is 1.93. The number of hydrogen-bond donors (Lipinski definition) is 1. The molecule has 4 rings (SSSR count). The molecule has 0 saturated carbocycles. The fourth-order valence-corrected chi connectivity index (χ4v) is 3.36. The third kappa shape index (κ3) is 5.08. The van der Waals surface area contributed by atoms with Crippen molar-refractivity contribution in [1.29, 1.82) is 0 Å². The topological polar surface area (TPSA) is 103 Å². The normalized spacial score (nSPS) is 15.8. The number of hydrogen-bond acceptors (Lipinski definition) is 7. The Labute approximate surface area is 174 Å². The zero-order chi connectivity index (χ0) is 20.8. The summed E-state index contributed by atoms with van der Waals surface area (Å²) in [6.45, 7) is 6.22. The van der Waals surface area contributed by atoms with Crippen molar-refractivity contribution in [2.45, 2.75) is 32.5 Å². The molecule has 1 aliphatic heterocycles. The van der Waals surface area contributed by atoms with Crippen LogP contribution in [0.25, 0.3) is 5.69 Å². The first-order chi connectivity index (χ1) is 14.7. The highest BCUT2D eigenvalue weighted by molar-refractivity contribution is 5.76. The number of aryl methyl sites for hydroxylation is 1. The Bertz CT molecular complexity index is 949. The minimum absolute atomic E-state index is 0.0530. The van der Waals surface area contributed by atoms with Crippen molar-refractivity contribution in [3.63, 3.8) is 0 Å². The van der Waals surface area contributed by atoms with Crippen LogP contribution in [0.1, 0.15) is 30.8 Å². The molecule has 3 heterocycles. The number of nitrogens with one attached hydrogen (secondary N) is 1. The van der Waals surface area contributed by atoms with Gasteiger partial charge in [-0.1, -0.05) is 18.2 Å². The number of carbonyl (C=O) groups is 1. The summed E-state index contributed by atoms with van der Waals surface area (Å²) < 4.78 is 8.87. The summed E-state index contributed by atoms with van der Waals surface area (Å²) in [6, 6.07) is 9.73. The van der Waals surface area contributed by atoms with Crippen molar-refractivity contribution < 1.29 is 9.53 Å². The molecule has 1 fully saturated rings. The Hall–Kier alpha value is -3.11. The van der Waals surface area contributed by atoms with Crippen LogP contribution in [0.5, 0.6) is 0 Å². The van der Waals surface area contributed by atoms with E-state index in [0.29, 0.717) is 19.5 Å². The quantitative estimate of drug-likeness (QED) is 0.590. The zero-order valence-corrected chi connectivity index (χ0v) is 17.0. The summed E-state index contributed by atoms with van der Waals surface area (Å²) in [4.78, 5) is 14.7. The molecule has 1 aliphatic rings. The first kappa shape index (κ1) is 20.2. The van der Waals surface area contributed by atoms with E-state index in [1.807, 2.05) is 43.5 Å². The molecule has 0 radical (unpaired) electrons. The van der Waals surface area contributed by atoms with Gasteiger partial charge in [0.2, 0.25) is 5.91 Å². The van der Waals surface area contributed by atoms with Gasteiger partial charge in [-0.2, -0.15) is 5.10 Å². The first-order valence-electron chi connectivity index (χ1n) is 10.1. The van der Waals surface area contributed by atoms with E-state index in [2.05, 4.69) is 30.8 Å². The number of para-hydroxylation sites is 1. The molecule has 0 spiro atoms. The highest BCUT2D eigenvalue weighted by Gasteiger charge is 2.17. The Morgan fingerprint density at radius 1 is 1.23 bits per heavy atom. The monoisotopic (exact) mass is 410 g/mol. The lowest BCUT2D eigenvalue weighted by Gasteiger charge is -2.25. The highest BCUT2D eigenvalue weighted by atomic mass is 16.5. The second kappa shape index (κ2) is 9.59. The van der Waals surface area contributed by atoms with Crippen molar-refractivity contribution in [3.05, 3.63) is 54.1 Å². The predicted molar refractivity (Wildman–Crippen MR) is 109 cm³/mol. The lowest BCUT2D eigenvalue weighted by atomic mass is 10.2. The van der Waals surface area contributed by atoms with Crippen molar-refractivity contribution in [1.82, 2.24) is 40.2 Å². The van der Waals surface area contributed by atoms with Crippen LogP contribution >= 0.6 is 0 Å². The number of aromatic nitrogens is 6. The lowest BCUT2D eigenvalue weighted by Crippen LogP contribution is -2.36. The van der Waals surface area contributed by atoms with E-state index < -0.39 is 0 Å². The Morgan fingerprint density at radius 2 is 2.03 bits per heavy atom. The average molecular weight is 410 g/mol. The van der Waals surface area contributed by atoms with Gasteiger partial charge >= 0.3 is 0 Å². The van der Waals surface area contributed by atoms with Crippen LogP contribution in [0, 0.1) is 0 Å².